The Balaban J connectivity index is 1.45. The number of nitrogens with zero attached hydrogens (tertiary/aromatic N) is 2. The predicted octanol–water partition coefficient (Wildman–Crippen LogP) is 3.57. The van der Waals surface area contributed by atoms with E-state index >= 15 is 0 Å². The molecule has 0 fully saturated rings. The molecule has 0 aliphatic rings. The fourth-order valence-electron chi connectivity index (χ4n) is 3.01. The summed E-state index contributed by atoms with van der Waals surface area (Å²) in [6, 6.07) is 16.6. The highest BCUT2D eigenvalue weighted by Gasteiger charge is 2.11. The van der Waals surface area contributed by atoms with Gasteiger partial charge in [-0.2, -0.15) is 5.10 Å². The average molecular weight is 374 g/mol. The highest BCUT2D eigenvalue weighted by atomic mass is 16.5. The lowest BCUT2D eigenvalue weighted by atomic mass is 10.1. The third-order valence-corrected chi connectivity index (χ3v) is 4.38. The SMILES string of the molecule is Cc1ccc2c(COC(=O)Cc3cnn(-c4ccccc4)c3)cc(=O)oc2c1. The molecule has 28 heavy (non-hydrogen) atoms. The second kappa shape index (κ2) is 7.52. The Labute approximate surface area is 161 Å². The Morgan fingerprint density at radius 1 is 1.14 bits per heavy atom. The van der Waals surface area contributed by atoms with Gasteiger partial charge in [-0.1, -0.05) is 30.3 Å². The van der Waals surface area contributed by atoms with E-state index in [0.717, 1.165) is 22.2 Å². The van der Waals surface area contributed by atoms with Crippen molar-refractivity contribution in [1.82, 2.24) is 9.78 Å². The van der Waals surface area contributed by atoms with E-state index in [0.29, 0.717) is 11.1 Å². The fourth-order valence-corrected chi connectivity index (χ4v) is 3.01. The quantitative estimate of drug-likeness (QED) is 0.394. The van der Waals surface area contributed by atoms with Crippen LogP contribution in [0, 0.1) is 6.92 Å². The van der Waals surface area contributed by atoms with Gasteiger partial charge < -0.3 is 9.15 Å². The molecule has 0 saturated heterocycles. The molecule has 0 amide bonds. The van der Waals surface area contributed by atoms with Gasteiger partial charge >= 0.3 is 11.6 Å². The van der Waals surface area contributed by atoms with E-state index in [1.165, 1.54) is 6.07 Å². The number of ether oxygens (including phenoxy) is 1. The third kappa shape index (κ3) is 3.86. The number of aryl methyl sites for hydroxylation is 1. The lowest BCUT2D eigenvalue weighted by molar-refractivity contribution is -0.144. The van der Waals surface area contributed by atoms with E-state index in [-0.39, 0.29) is 19.0 Å². The van der Waals surface area contributed by atoms with E-state index in [2.05, 4.69) is 5.10 Å². The Kier molecular flexibility index (Phi) is 4.76. The van der Waals surface area contributed by atoms with Crippen LogP contribution in [0.15, 0.2) is 76.2 Å². The van der Waals surface area contributed by atoms with Crippen molar-refractivity contribution in [3.8, 4) is 5.69 Å². The first kappa shape index (κ1) is 17.7. The van der Waals surface area contributed by atoms with E-state index in [4.69, 9.17) is 9.15 Å². The van der Waals surface area contributed by atoms with Crippen LogP contribution in [0.4, 0.5) is 0 Å². The van der Waals surface area contributed by atoms with Crippen LogP contribution < -0.4 is 5.63 Å². The zero-order valence-electron chi connectivity index (χ0n) is 15.3. The summed E-state index contributed by atoms with van der Waals surface area (Å²) >= 11 is 0. The highest BCUT2D eigenvalue weighted by molar-refractivity contribution is 5.81. The molecule has 0 radical (unpaired) electrons. The minimum atomic E-state index is -0.465. The standard InChI is InChI=1S/C22H18N2O4/c1-15-7-8-19-17(11-22(26)28-20(19)9-15)14-27-21(25)10-16-12-23-24(13-16)18-5-3-2-4-6-18/h2-9,11-13H,10,14H2,1H3. The molecule has 0 bridgehead atoms. The summed E-state index contributed by atoms with van der Waals surface area (Å²) < 4.78 is 12.3. The molecule has 4 aromatic rings. The number of hydrogen-bond acceptors (Lipinski definition) is 5. The van der Waals surface area contributed by atoms with Crippen molar-refractivity contribution in [2.45, 2.75) is 20.0 Å². The van der Waals surface area contributed by atoms with Crippen LogP contribution in [-0.4, -0.2) is 15.7 Å². The van der Waals surface area contributed by atoms with E-state index < -0.39 is 5.63 Å². The van der Waals surface area contributed by atoms with Gasteiger partial charge in [-0.15, -0.1) is 0 Å². The first-order valence-corrected chi connectivity index (χ1v) is 8.86. The summed E-state index contributed by atoms with van der Waals surface area (Å²) in [4.78, 5) is 24.0. The summed E-state index contributed by atoms with van der Waals surface area (Å²) in [5, 5.41) is 5.03. The monoisotopic (exact) mass is 374 g/mol. The van der Waals surface area contributed by atoms with Gasteiger partial charge in [-0.3, -0.25) is 4.79 Å². The smallest absolute Gasteiger partial charge is 0.336 e. The van der Waals surface area contributed by atoms with Crippen molar-refractivity contribution in [2.75, 3.05) is 0 Å². The van der Waals surface area contributed by atoms with Crippen molar-refractivity contribution in [3.63, 3.8) is 0 Å². The molecule has 0 atom stereocenters. The van der Waals surface area contributed by atoms with Crippen LogP contribution in [0.5, 0.6) is 0 Å². The molecule has 0 saturated carbocycles. The minimum Gasteiger partial charge on any atom is -0.461 e. The van der Waals surface area contributed by atoms with E-state index in [9.17, 15) is 9.59 Å². The first-order chi connectivity index (χ1) is 13.6. The van der Waals surface area contributed by atoms with Crippen molar-refractivity contribution < 1.29 is 13.9 Å². The third-order valence-electron chi connectivity index (χ3n) is 4.38. The number of benzene rings is 2. The van der Waals surface area contributed by atoms with Crippen molar-refractivity contribution in [1.29, 1.82) is 0 Å². The lowest BCUT2D eigenvalue weighted by Crippen LogP contribution is -2.09. The van der Waals surface area contributed by atoms with Crippen LogP contribution >= 0.6 is 0 Å². The second-order valence-electron chi connectivity index (χ2n) is 6.56. The zero-order valence-corrected chi connectivity index (χ0v) is 15.3. The number of aromatic nitrogens is 2. The maximum Gasteiger partial charge on any atom is 0.336 e. The predicted molar refractivity (Wildman–Crippen MR) is 104 cm³/mol. The number of rotatable bonds is 5. The van der Waals surface area contributed by atoms with Crippen LogP contribution in [-0.2, 0) is 22.6 Å². The number of carbonyl (C=O) groups excluding carboxylic acids is 1. The van der Waals surface area contributed by atoms with Gasteiger partial charge in [0.2, 0.25) is 0 Å². The Morgan fingerprint density at radius 2 is 1.96 bits per heavy atom. The van der Waals surface area contributed by atoms with E-state index in [1.54, 1.807) is 23.1 Å². The molecule has 0 aliphatic carbocycles. The van der Waals surface area contributed by atoms with E-state index in [1.807, 2.05) is 49.4 Å². The molecule has 140 valence electrons. The highest BCUT2D eigenvalue weighted by Crippen LogP contribution is 2.19. The molecular formula is C22H18N2O4. The number of carbonyl (C=O) groups is 1. The maximum atomic E-state index is 12.2. The molecule has 2 aromatic carbocycles. The maximum absolute atomic E-state index is 12.2. The zero-order chi connectivity index (χ0) is 19.5. The number of fused-ring (bicyclic) bond motifs is 1. The molecule has 6 nitrogen and oxygen atoms in total. The number of hydrogen-bond donors (Lipinski definition) is 0. The van der Waals surface area contributed by atoms with Gasteiger partial charge in [0, 0.05) is 28.8 Å². The van der Waals surface area contributed by atoms with Gasteiger partial charge in [0.15, 0.2) is 0 Å². The van der Waals surface area contributed by atoms with Gasteiger partial charge in [-0.25, -0.2) is 9.48 Å². The van der Waals surface area contributed by atoms with Gasteiger partial charge in [0.1, 0.15) is 12.2 Å². The molecular weight excluding hydrogens is 356 g/mol. The molecule has 0 spiro atoms. The van der Waals surface area contributed by atoms with Crippen molar-refractivity contribution in [2.24, 2.45) is 0 Å². The summed E-state index contributed by atoms with van der Waals surface area (Å²) in [5.74, 6) is -0.388. The Hall–Kier alpha value is -3.67. The van der Waals surface area contributed by atoms with Gasteiger partial charge in [0.05, 0.1) is 18.3 Å². The first-order valence-electron chi connectivity index (χ1n) is 8.86. The second-order valence-corrected chi connectivity index (χ2v) is 6.56. The molecule has 0 N–H and O–H groups in total. The van der Waals surface area contributed by atoms with Gasteiger partial charge in [0.25, 0.3) is 0 Å². The number of para-hydroxylation sites is 1. The molecule has 2 heterocycles. The van der Waals surface area contributed by atoms with Crippen molar-refractivity contribution in [3.05, 3.63) is 94.1 Å². The van der Waals surface area contributed by atoms with Crippen LogP contribution in [0.1, 0.15) is 16.7 Å². The van der Waals surface area contributed by atoms with Crippen LogP contribution in [0.25, 0.3) is 16.7 Å². The molecule has 2 aromatic heterocycles. The van der Waals surface area contributed by atoms with Crippen LogP contribution in [0.2, 0.25) is 0 Å². The van der Waals surface area contributed by atoms with Crippen molar-refractivity contribution >= 4 is 16.9 Å². The molecule has 4 rings (SSSR count). The minimum absolute atomic E-state index is 0.0107. The molecule has 0 aliphatic heterocycles. The summed E-state index contributed by atoms with van der Waals surface area (Å²) in [7, 11) is 0. The molecule has 0 unspecified atom stereocenters. The van der Waals surface area contributed by atoms with Gasteiger partial charge in [-0.05, 0) is 30.7 Å². The normalized spacial score (nSPS) is 10.9. The topological polar surface area (TPSA) is 74.3 Å². The Morgan fingerprint density at radius 3 is 2.79 bits per heavy atom. The summed E-state index contributed by atoms with van der Waals surface area (Å²) in [6.45, 7) is 1.93. The fraction of sp³-hybridized carbons (Fsp3) is 0.136. The largest absolute Gasteiger partial charge is 0.461 e. The Bertz CT molecular complexity index is 1190. The number of esters is 1. The molecule has 6 heteroatoms. The average Bonchev–Trinajstić information content (AvgIpc) is 3.14. The van der Waals surface area contributed by atoms with Crippen LogP contribution in [0.3, 0.4) is 0 Å². The summed E-state index contributed by atoms with van der Waals surface area (Å²) in [5.41, 5.74) is 3.30. The lowest BCUT2D eigenvalue weighted by Gasteiger charge is -2.07. The summed E-state index contributed by atoms with van der Waals surface area (Å²) in [6.07, 6.45) is 3.54.